The van der Waals surface area contributed by atoms with Crippen LogP contribution in [0.25, 0.3) is 5.76 Å². The molecule has 0 spiro atoms. The fourth-order valence-electron chi connectivity index (χ4n) is 1.38. The van der Waals surface area contributed by atoms with Crippen LogP contribution in [0.5, 0.6) is 0 Å². The van der Waals surface area contributed by atoms with Crippen LogP contribution in [-0.2, 0) is 10.9 Å². The summed E-state index contributed by atoms with van der Waals surface area (Å²) in [6, 6.07) is 0.646. The van der Waals surface area contributed by atoms with Crippen molar-refractivity contribution >= 4 is 27.4 Å². The van der Waals surface area contributed by atoms with Gasteiger partial charge in [0.05, 0.1) is 22.2 Å². The van der Waals surface area contributed by atoms with Gasteiger partial charge in [0.15, 0.2) is 5.82 Å². The van der Waals surface area contributed by atoms with Crippen LogP contribution in [0.3, 0.4) is 0 Å². The van der Waals surface area contributed by atoms with Crippen LogP contribution >= 0.6 is 15.9 Å². The third-order valence-corrected chi connectivity index (χ3v) is 2.92. The van der Waals surface area contributed by atoms with Gasteiger partial charge in [0.1, 0.15) is 5.76 Å². The summed E-state index contributed by atoms with van der Waals surface area (Å²) >= 11 is 2.57. The van der Waals surface area contributed by atoms with E-state index in [-0.39, 0.29) is 23.6 Å². The number of nitrogen functional groups attached to an aromatic ring is 1. The molecule has 1 aromatic carbocycles. The van der Waals surface area contributed by atoms with Crippen LogP contribution in [0, 0.1) is 5.82 Å². The van der Waals surface area contributed by atoms with Gasteiger partial charge in [-0.25, -0.2) is 4.39 Å². The molecule has 0 bridgehead atoms. The van der Waals surface area contributed by atoms with Gasteiger partial charge in [-0.05, 0) is 28.9 Å². The number of hydrogen-bond donors (Lipinski definition) is 1. The lowest BCUT2D eigenvalue weighted by molar-refractivity contribution is -0.138. The summed E-state index contributed by atoms with van der Waals surface area (Å²) in [4.78, 5) is 0. The number of anilines is 1. The molecule has 0 radical (unpaired) electrons. The molecule has 100 valence electrons. The van der Waals surface area contributed by atoms with Crippen LogP contribution in [0.2, 0.25) is 0 Å². The summed E-state index contributed by atoms with van der Waals surface area (Å²) in [7, 11) is 0. The van der Waals surface area contributed by atoms with Crippen LogP contribution in [0.1, 0.15) is 18.1 Å². The summed E-state index contributed by atoms with van der Waals surface area (Å²) in [6.07, 6.45) is -4.70. The number of rotatable bonds is 3. The van der Waals surface area contributed by atoms with Crippen LogP contribution in [0.4, 0.5) is 23.2 Å². The zero-order chi connectivity index (χ0) is 14.1. The van der Waals surface area contributed by atoms with E-state index in [0.717, 1.165) is 0 Å². The van der Waals surface area contributed by atoms with Gasteiger partial charge in [0.2, 0.25) is 0 Å². The van der Waals surface area contributed by atoms with Crippen molar-refractivity contribution in [1.29, 1.82) is 0 Å². The lowest BCUT2D eigenvalue weighted by Gasteiger charge is -2.16. The van der Waals surface area contributed by atoms with E-state index < -0.39 is 22.0 Å². The Balaban J connectivity index is 3.43. The fourth-order valence-corrected chi connectivity index (χ4v) is 1.92. The Bertz CT molecular complexity index is 485. The van der Waals surface area contributed by atoms with Crippen LogP contribution in [-0.4, -0.2) is 6.61 Å². The maximum absolute atomic E-state index is 13.9. The van der Waals surface area contributed by atoms with Gasteiger partial charge in [-0.15, -0.1) is 0 Å². The molecule has 0 saturated carbocycles. The predicted octanol–water partition coefficient (Wildman–Crippen LogP) is 4.20. The van der Waals surface area contributed by atoms with Gasteiger partial charge < -0.3 is 10.5 Å². The highest BCUT2D eigenvalue weighted by Gasteiger charge is 2.36. The van der Waals surface area contributed by atoms with Crippen molar-refractivity contribution in [3.05, 3.63) is 34.1 Å². The third-order valence-electron chi connectivity index (χ3n) is 2.14. The molecule has 18 heavy (non-hydrogen) atoms. The first-order valence-corrected chi connectivity index (χ1v) is 5.66. The summed E-state index contributed by atoms with van der Waals surface area (Å²) in [5.41, 5.74) is 3.60. The van der Waals surface area contributed by atoms with Gasteiger partial charge >= 0.3 is 6.18 Å². The maximum atomic E-state index is 13.9. The third kappa shape index (κ3) is 2.77. The molecule has 1 aromatic rings. The molecule has 0 fully saturated rings. The van der Waals surface area contributed by atoms with Gasteiger partial charge in [0, 0.05) is 5.69 Å². The standard InChI is InChI=1S/C11H10BrF4NO/c1-3-18-5(2)8-7(17)4-6(11(14,15)16)9(12)10(8)13/h4H,2-3,17H2,1H3. The molecule has 0 aliphatic heterocycles. The van der Waals surface area contributed by atoms with Crippen molar-refractivity contribution in [2.24, 2.45) is 0 Å². The molecule has 0 aliphatic carbocycles. The minimum atomic E-state index is -4.70. The van der Waals surface area contributed by atoms with Crippen molar-refractivity contribution in [2.75, 3.05) is 12.3 Å². The van der Waals surface area contributed by atoms with E-state index in [2.05, 4.69) is 22.5 Å². The average molecular weight is 328 g/mol. The average Bonchev–Trinajstić information content (AvgIpc) is 2.22. The normalized spacial score (nSPS) is 11.4. The molecule has 1 rings (SSSR count). The summed E-state index contributed by atoms with van der Waals surface area (Å²) < 4.78 is 55.9. The summed E-state index contributed by atoms with van der Waals surface area (Å²) in [5, 5.41) is 0. The molecule has 0 aliphatic rings. The Kier molecular flexibility index (Phi) is 4.26. The van der Waals surface area contributed by atoms with Crippen molar-refractivity contribution in [3.63, 3.8) is 0 Å². The molecular formula is C11H10BrF4NO. The van der Waals surface area contributed by atoms with Crippen molar-refractivity contribution < 1.29 is 22.3 Å². The van der Waals surface area contributed by atoms with Crippen molar-refractivity contribution in [2.45, 2.75) is 13.1 Å². The largest absolute Gasteiger partial charge is 0.494 e. The van der Waals surface area contributed by atoms with Crippen LogP contribution < -0.4 is 5.73 Å². The Morgan fingerprint density at radius 1 is 1.50 bits per heavy atom. The molecular weight excluding hydrogens is 318 g/mol. The van der Waals surface area contributed by atoms with Crippen molar-refractivity contribution in [1.82, 2.24) is 0 Å². The quantitative estimate of drug-likeness (QED) is 0.513. The molecule has 0 heterocycles. The molecule has 0 unspecified atom stereocenters. The first kappa shape index (κ1) is 14.8. The molecule has 0 atom stereocenters. The van der Waals surface area contributed by atoms with Gasteiger partial charge in [-0.3, -0.25) is 0 Å². The number of alkyl halides is 3. The van der Waals surface area contributed by atoms with E-state index in [1.807, 2.05) is 0 Å². The second-order valence-corrected chi connectivity index (χ2v) is 4.16. The number of hydrogen-bond acceptors (Lipinski definition) is 2. The fraction of sp³-hybridized carbons (Fsp3) is 0.273. The second kappa shape index (κ2) is 5.17. The highest BCUT2D eigenvalue weighted by atomic mass is 79.9. The molecule has 2 nitrogen and oxygen atoms in total. The molecule has 0 amide bonds. The Morgan fingerprint density at radius 2 is 2.06 bits per heavy atom. The Labute approximate surface area is 110 Å². The lowest BCUT2D eigenvalue weighted by Crippen LogP contribution is -2.11. The minimum Gasteiger partial charge on any atom is -0.494 e. The van der Waals surface area contributed by atoms with Gasteiger partial charge in [-0.1, -0.05) is 6.58 Å². The van der Waals surface area contributed by atoms with E-state index in [1.165, 1.54) is 0 Å². The lowest BCUT2D eigenvalue weighted by atomic mass is 10.1. The number of benzene rings is 1. The molecule has 0 saturated heterocycles. The summed E-state index contributed by atoms with van der Waals surface area (Å²) in [5.74, 6) is -1.25. The molecule has 0 aromatic heterocycles. The number of ether oxygens (including phenoxy) is 1. The predicted molar refractivity (Wildman–Crippen MR) is 64.2 cm³/mol. The zero-order valence-corrected chi connectivity index (χ0v) is 11.0. The van der Waals surface area contributed by atoms with Gasteiger partial charge in [-0.2, -0.15) is 13.2 Å². The van der Waals surface area contributed by atoms with Gasteiger partial charge in [0.25, 0.3) is 0 Å². The Hall–Kier alpha value is -1.24. The minimum absolute atomic E-state index is 0.109. The molecule has 2 N–H and O–H groups in total. The highest BCUT2D eigenvalue weighted by molar-refractivity contribution is 9.10. The SMILES string of the molecule is C=C(OCC)c1c(N)cc(C(F)(F)F)c(Br)c1F. The highest BCUT2D eigenvalue weighted by Crippen LogP contribution is 2.40. The Morgan fingerprint density at radius 3 is 2.50 bits per heavy atom. The summed E-state index contributed by atoms with van der Waals surface area (Å²) in [6.45, 7) is 5.27. The maximum Gasteiger partial charge on any atom is 0.417 e. The number of halogens is 5. The van der Waals surface area contributed by atoms with E-state index in [9.17, 15) is 17.6 Å². The zero-order valence-electron chi connectivity index (χ0n) is 9.37. The second-order valence-electron chi connectivity index (χ2n) is 3.37. The van der Waals surface area contributed by atoms with Crippen LogP contribution in [0.15, 0.2) is 17.1 Å². The smallest absolute Gasteiger partial charge is 0.417 e. The first-order valence-electron chi connectivity index (χ1n) is 4.86. The van der Waals surface area contributed by atoms with E-state index >= 15 is 0 Å². The number of nitrogens with two attached hydrogens (primary N) is 1. The first-order chi connectivity index (χ1) is 8.20. The monoisotopic (exact) mass is 327 g/mol. The van der Waals surface area contributed by atoms with E-state index in [0.29, 0.717) is 6.07 Å². The van der Waals surface area contributed by atoms with Crippen molar-refractivity contribution in [3.8, 4) is 0 Å². The topological polar surface area (TPSA) is 35.2 Å². The van der Waals surface area contributed by atoms with E-state index in [4.69, 9.17) is 10.5 Å². The molecule has 7 heteroatoms. The van der Waals surface area contributed by atoms with E-state index in [1.54, 1.807) is 6.92 Å².